The van der Waals surface area contributed by atoms with E-state index in [9.17, 15) is 14.7 Å². The molecule has 26 heavy (non-hydrogen) atoms. The lowest BCUT2D eigenvalue weighted by Crippen LogP contribution is -2.69. The molecule has 2 atom stereocenters. The zero-order valence-electron chi connectivity index (χ0n) is 15.1. The van der Waals surface area contributed by atoms with Gasteiger partial charge in [-0.15, -0.1) is 0 Å². The molecule has 2 aliphatic heterocycles. The van der Waals surface area contributed by atoms with E-state index in [1.165, 1.54) is 0 Å². The molecule has 2 fully saturated rings. The van der Waals surface area contributed by atoms with Crippen LogP contribution in [0, 0.1) is 0 Å². The maximum absolute atomic E-state index is 12.6. The summed E-state index contributed by atoms with van der Waals surface area (Å²) in [7, 11) is 0. The third-order valence-corrected chi connectivity index (χ3v) is 5.63. The number of piperidine rings is 1. The van der Waals surface area contributed by atoms with Gasteiger partial charge in [-0.1, -0.05) is 18.2 Å². The number of primary amides is 1. The van der Waals surface area contributed by atoms with E-state index in [0.717, 1.165) is 0 Å². The number of aliphatic hydroxyl groups is 1. The number of nitrogens with one attached hydrogen (secondary N) is 1. The number of carbonyl (C=O) groups is 2. The second kappa shape index (κ2) is 7.34. The number of nitrogens with two attached hydrogens (primary N) is 1. The van der Waals surface area contributed by atoms with Crippen LogP contribution in [0.3, 0.4) is 0 Å². The summed E-state index contributed by atoms with van der Waals surface area (Å²) >= 11 is 0. The van der Waals surface area contributed by atoms with Gasteiger partial charge in [-0.3, -0.25) is 14.5 Å². The first-order chi connectivity index (χ1) is 12.3. The largest absolute Gasteiger partial charge is 0.388 e. The standard InChI is InChI=1S/C19H27N3O4/c1-18(21-16(24)14-5-3-2-4-6-14)9-12-26-19(17(18)25)7-10-22(11-8-19)13-15(20)23/h2-6,17,25H,7-13H2,1H3,(H2,20,23)(H,21,24)/t17-,18+/m0/s1. The Morgan fingerprint density at radius 3 is 2.54 bits per heavy atom. The number of nitrogens with zero attached hydrogens (tertiary/aromatic N) is 1. The maximum atomic E-state index is 12.6. The molecular formula is C19H27N3O4. The minimum absolute atomic E-state index is 0.199. The van der Waals surface area contributed by atoms with E-state index >= 15 is 0 Å². The number of hydrogen-bond donors (Lipinski definition) is 3. The summed E-state index contributed by atoms with van der Waals surface area (Å²) in [6.07, 6.45) is 0.905. The highest BCUT2D eigenvalue weighted by Crippen LogP contribution is 2.40. The fourth-order valence-corrected chi connectivity index (χ4v) is 4.04. The molecule has 0 bridgehead atoms. The highest BCUT2D eigenvalue weighted by atomic mass is 16.5. The van der Waals surface area contributed by atoms with Gasteiger partial charge in [0, 0.05) is 25.3 Å². The third-order valence-electron chi connectivity index (χ3n) is 5.63. The van der Waals surface area contributed by atoms with Crippen LogP contribution in [0.1, 0.15) is 36.5 Å². The first kappa shape index (κ1) is 18.8. The lowest BCUT2D eigenvalue weighted by Gasteiger charge is -2.53. The summed E-state index contributed by atoms with van der Waals surface area (Å²) in [6, 6.07) is 8.99. The summed E-state index contributed by atoms with van der Waals surface area (Å²) in [5.74, 6) is -0.554. The molecule has 0 saturated carbocycles. The van der Waals surface area contributed by atoms with Crippen LogP contribution in [0.2, 0.25) is 0 Å². The van der Waals surface area contributed by atoms with Gasteiger partial charge in [0.2, 0.25) is 5.91 Å². The van der Waals surface area contributed by atoms with E-state index in [2.05, 4.69) is 5.32 Å². The van der Waals surface area contributed by atoms with E-state index in [-0.39, 0.29) is 18.4 Å². The van der Waals surface area contributed by atoms with Gasteiger partial charge in [-0.25, -0.2) is 0 Å². The molecular weight excluding hydrogens is 334 g/mol. The van der Waals surface area contributed by atoms with E-state index in [4.69, 9.17) is 10.5 Å². The first-order valence-corrected chi connectivity index (χ1v) is 9.05. The molecule has 3 rings (SSSR count). The Morgan fingerprint density at radius 1 is 1.27 bits per heavy atom. The van der Waals surface area contributed by atoms with E-state index < -0.39 is 17.2 Å². The number of ether oxygens (including phenoxy) is 1. The SMILES string of the molecule is C[C@@]1(NC(=O)c2ccccc2)CCOC2(CCN(CC(N)=O)CC2)[C@H]1O. The second-order valence-corrected chi connectivity index (χ2v) is 7.55. The van der Waals surface area contributed by atoms with Gasteiger partial charge in [-0.2, -0.15) is 0 Å². The molecule has 0 aromatic heterocycles. The van der Waals surface area contributed by atoms with Crippen LogP contribution in [0.25, 0.3) is 0 Å². The summed E-state index contributed by atoms with van der Waals surface area (Å²) in [4.78, 5) is 25.7. The minimum Gasteiger partial charge on any atom is -0.388 e. The Morgan fingerprint density at radius 2 is 1.92 bits per heavy atom. The third kappa shape index (κ3) is 3.75. The van der Waals surface area contributed by atoms with Gasteiger partial charge in [-0.05, 0) is 38.3 Å². The van der Waals surface area contributed by atoms with Crippen molar-refractivity contribution in [1.82, 2.24) is 10.2 Å². The predicted molar refractivity (Wildman–Crippen MR) is 96.5 cm³/mol. The van der Waals surface area contributed by atoms with Gasteiger partial charge >= 0.3 is 0 Å². The first-order valence-electron chi connectivity index (χ1n) is 9.05. The monoisotopic (exact) mass is 361 g/mol. The molecule has 142 valence electrons. The zero-order chi connectivity index (χ0) is 18.8. The Kier molecular flexibility index (Phi) is 5.32. The number of carbonyl (C=O) groups excluding carboxylic acids is 2. The lowest BCUT2D eigenvalue weighted by atomic mass is 9.73. The molecule has 2 amide bonds. The van der Waals surface area contributed by atoms with Crippen molar-refractivity contribution in [2.24, 2.45) is 5.73 Å². The van der Waals surface area contributed by atoms with Crippen molar-refractivity contribution < 1.29 is 19.4 Å². The van der Waals surface area contributed by atoms with Crippen molar-refractivity contribution in [3.05, 3.63) is 35.9 Å². The molecule has 2 saturated heterocycles. The van der Waals surface area contributed by atoms with Crippen LogP contribution < -0.4 is 11.1 Å². The lowest BCUT2D eigenvalue weighted by molar-refractivity contribution is -0.205. The molecule has 0 unspecified atom stereocenters. The number of benzene rings is 1. The van der Waals surface area contributed by atoms with Crippen molar-refractivity contribution in [2.45, 2.75) is 43.4 Å². The van der Waals surface area contributed by atoms with Crippen LogP contribution in [-0.2, 0) is 9.53 Å². The van der Waals surface area contributed by atoms with Crippen molar-refractivity contribution in [3.8, 4) is 0 Å². The van der Waals surface area contributed by atoms with Crippen LogP contribution in [0.15, 0.2) is 30.3 Å². The Labute approximate surface area is 153 Å². The quantitative estimate of drug-likeness (QED) is 0.714. The molecule has 2 aliphatic rings. The van der Waals surface area contributed by atoms with Gasteiger partial charge in [0.1, 0.15) is 6.10 Å². The number of amides is 2. The fourth-order valence-electron chi connectivity index (χ4n) is 4.04. The number of rotatable bonds is 4. The molecule has 1 aromatic carbocycles. The van der Waals surface area contributed by atoms with Gasteiger partial charge in [0.15, 0.2) is 0 Å². The maximum Gasteiger partial charge on any atom is 0.251 e. The second-order valence-electron chi connectivity index (χ2n) is 7.55. The number of likely N-dealkylation sites (tertiary alicyclic amines) is 1. The Hall–Kier alpha value is -1.96. The van der Waals surface area contributed by atoms with Crippen LogP contribution >= 0.6 is 0 Å². The molecule has 0 radical (unpaired) electrons. The topological polar surface area (TPSA) is 105 Å². The number of aliphatic hydroxyl groups excluding tert-OH is 1. The van der Waals surface area contributed by atoms with E-state index in [0.29, 0.717) is 44.5 Å². The van der Waals surface area contributed by atoms with Gasteiger partial charge in [0.05, 0.1) is 17.7 Å². The average molecular weight is 361 g/mol. The normalized spacial score (nSPS) is 28.6. The fraction of sp³-hybridized carbons (Fsp3) is 0.579. The van der Waals surface area contributed by atoms with E-state index in [1.807, 2.05) is 30.0 Å². The van der Waals surface area contributed by atoms with Crippen LogP contribution in [-0.4, -0.2) is 65.3 Å². The molecule has 4 N–H and O–H groups in total. The summed E-state index contributed by atoms with van der Waals surface area (Å²) in [5, 5.41) is 14.1. The van der Waals surface area contributed by atoms with Crippen LogP contribution in [0.5, 0.6) is 0 Å². The van der Waals surface area contributed by atoms with Crippen molar-refractivity contribution in [3.63, 3.8) is 0 Å². The average Bonchev–Trinajstić information content (AvgIpc) is 2.62. The Bertz CT molecular complexity index is 658. The van der Waals surface area contributed by atoms with Crippen LogP contribution in [0.4, 0.5) is 0 Å². The van der Waals surface area contributed by atoms with Crippen molar-refractivity contribution in [1.29, 1.82) is 0 Å². The zero-order valence-corrected chi connectivity index (χ0v) is 15.1. The Balaban J connectivity index is 1.70. The molecule has 7 nitrogen and oxygen atoms in total. The minimum atomic E-state index is -0.827. The molecule has 2 heterocycles. The van der Waals surface area contributed by atoms with Crippen molar-refractivity contribution in [2.75, 3.05) is 26.2 Å². The highest BCUT2D eigenvalue weighted by molar-refractivity contribution is 5.94. The molecule has 1 aromatic rings. The highest BCUT2D eigenvalue weighted by Gasteiger charge is 2.53. The summed E-state index contributed by atoms with van der Waals surface area (Å²) in [6.45, 7) is 3.82. The summed E-state index contributed by atoms with van der Waals surface area (Å²) < 4.78 is 6.01. The molecule has 7 heteroatoms. The molecule has 0 aliphatic carbocycles. The van der Waals surface area contributed by atoms with E-state index in [1.54, 1.807) is 12.1 Å². The smallest absolute Gasteiger partial charge is 0.251 e. The van der Waals surface area contributed by atoms with Gasteiger partial charge in [0.25, 0.3) is 5.91 Å². The summed E-state index contributed by atoms with van der Waals surface area (Å²) in [5.41, 5.74) is 4.36. The van der Waals surface area contributed by atoms with Gasteiger partial charge < -0.3 is 20.9 Å². The number of hydrogen-bond acceptors (Lipinski definition) is 5. The predicted octanol–water partition coefficient (Wildman–Crippen LogP) is 0.276. The van der Waals surface area contributed by atoms with Crippen molar-refractivity contribution >= 4 is 11.8 Å². The molecule has 1 spiro atoms.